The largest absolute Gasteiger partial charge is 0.327 e. The molecule has 1 aromatic rings. The Bertz CT molecular complexity index is 530. The topological polar surface area (TPSA) is 98.3 Å². The molecule has 1 aliphatic carbocycles. The molecule has 6 nitrogen and oxygen atoms in total. The third kappa shape index (κ3) is 3.14. The van der Waals surface area contributed by atoms with Gasteiger partial charge in [0.1, 0.15) is 0 Å². The van der Waals surface area contributed by atoms with Crippen LogP contribution in [-0.2, 0) is 4.79 Å². The minimum Gasteiger partial charge on any atom is -0.327 e. The minimum atomic E-state index is -0.433. The van der Waals surface area contributed by atoms with E-state index in [4.69, 9.17) is 5.73 Å². The minimum absolute atomic E-state index is 0.0531. The highest BCUT2D eigenvalue weighted by Gasteiger charge is 2.28. The molecule has 0 aromatic heterocycles. The average molecular weight is 277 g/mol. The number of amides is 1. The van der Waals surface area contributed by atoms with Crippen LogP contribution in [0.5, 0.6) is 0 Å². The molecule has 0 aliphatic heterocycles. The van der Waals surface area contributed by atoms with Gasteiger partial charge in [0.25, 0.3) is 5.69 Å². The molecule has 0 bridgehead atoms. The number of nitrogens with two attached hydrogens (primary N) is 1. The van der Waals surface area contributed by atoms with Gasteiger partial charge in [-0.15, -0.1) is 0 Å². The second kappa shape index (κ2) is 6.00. The molecule has 0 radical (unpaired) electrons. The molecule has 2 atom stereocenters. The van der Waals surface area contributed by atoms with Crippen LogP contribution < -0.4 is 11.1 Å². The van der Waals surface area contributed by atoms with Gasteiger partial charge >= 0.3 is 0 Å². The van der Waals surface area contributed by atoms with Crippen molar-refractivity contribution in [3.8, 4) is 0 Å². The van der Waals surface area contributed by atoms with Crippen LogP contribution >= 0.6 is 0 Å². The Hall–Kier alpha value is -1.95. The molecule has 1 aliphatic rings. The van der Waals surface area contributed by atoms with E-state index in [-0.39, 0.29) is 23.6 Å². The zero-order chi connectivity index (χ0) is 14.7. The highest BCUT2D eigenvalue weighted by atomic mass is 16.6. The van der Waals surface area contributed by atoms with Gasteiger partial charge in [-0.2, -0.15) is 0 Å². The Labute approximate surface area is 117 Å². The van der Waals surface area contributed by atoms with Crippen molar-refractivity contribution in [2.45, 2.75) is 38.6 Å². The van der Waals surface area contributed by atoms with E-state index in [1.807, 2.05) is 0 Å². The molecule has 2 unspecified atom stereocenters. The number of nitro groups is 1. The molecule has 20 heavy (non-hydrogen) atoms. The van der Waals surface area contributed by atoms with E-state index in [0.717, 1.165) is 25.7 Å². The first-order valence-electron chi connectivity index (χ1n) is 6.80. The van der Waals surface area contributed by atoms with Crippen LogP contribution in [0, 0.1) is 23.0 Å². The summed E-state index contributed by atoms with van der Waals surface area (Å²) in [5.41, 5.74) is 7.14. The van der Waals surface area contributed by atoms with Gasteiger partial charge in [0.2, 0.25) is 5.91 Å². The van der Waals surface area contributed by atoms with Crippen molar-refractivity contribution in [3.05, 3.63) is 33.9 Å². The lowest BCUT2D eigenvalue weighted by Gasteiger charge is -2.27. The average Bonchev–Trinajstić information content (AvgIpc) is 2.38. The Morgan fingerprint density at radius 1 is 1.40 bits per heavy atom. The van der Waals surface area contributed by atoms with Gasteiger partial charge in [-0.1, -0.05) is 12.8 Å². The number of aryl methyl sites for hydroxylation is 1. The summed E-state index contributed by atoms with van der Waals surface area (Å²) < 4.78 is 0. The van der Waals surface area contributed by atoms with Crippen LogP contribution in [0.3, 0.4) is 0 Å². The fourth-order valence-electron chi connectivity index (χ4n) is 2.66. The normalized spacial score (nSPS) is 22.3. The zero-order valence-corrected chi connectivity index (χ0v) is 11.5. The molecule has 0 saturated heterocycles. The second-order valence-electron chi connectivity index (χ2n) is 5.30. The predicted octanol–water partition coefficient (Wildman–Crippen LogP) is 2.36. The molecule has 1 amide bonds. The quantitative estimate of drug-likeness (QED) is 0.654. The molecule has 1 fully saturated rings. The van der Waals surface area contributed by atoms with Crippen molar-refractivity contribution in [1.82, 2.24) is 0 Å². The van der Waals surface area contributed by atoms with E-state index in [0.29, 0.717) is 11.3 Å². The van der Waals surface area contributed by atoms with Gasteiger partial charge in [0, 0.05) is 23.4 Å². The molecular weight excluding hydrogens is 258 g/mol. The molecule has 108 valence electrons. The maximum absolute atomic E-state index is 12.2. The molecule has 0 heterocycles. The summed E-state index contributed by atoms with van der Waals surface area (Å²) in [4.78, 5) is 22.5. The van der Waals surface area contributed by atoms with Crippen molar-refractivity contribution in [2.75, 3.05) is 5.32 Å². The Kier molecular flexibility index (Phi) is 4.34. The van der Waals surface area contributed by atoms with Gasteiger partial charge < -0.3 is 11.1 Å². The molecule has 1 saturated carbocycles. The molecule has 3 N–H and O–H groups in total. The van der Waals surface area contributed by atoms with Crippen molar-refractivity contribution in [3.63, 3.8) is 0 Å². The lowest BCUT2D eigenvalue weighted by molar-refractivity contribution is -0.385. The fraction of sp³-hybridized carbons (Fsp3) is 0.500. The third-order valence-corrected chi connectivity index (χ3v) is 3.82. The number of hydrogen-bond acceptors (Lipinski definition) is 4. The van der Waals surface area contributed by atoms with Crippen molar-refractivity contribution >= 4 is 17.3 Å². The SMILES string of the molecule is Cc1cc(NC(=O)C2CCCCC2N)ccc1[N+](=O)[O-]. The summed E-state index contributed by atoms with van der Waals surface area (Å²) in [7, 11) is 0. The van der Waals surface area contributed by atoms with Crippen LogP contribution in [0.25, 0.3) is 0 Å². The second-order valence-corrected chi connectivity index (χ2v) is 5.30. The standard InChI is InChI=1S/C14H19N3O3/c1-9-8-10(6-7-13(9)17(19)20)16-14(18)11-4-2-3-5-12(11)15/h6-8,11-12H,2-5,15H2,1H3,(H,16,18). The van der Waals surface area contributed by atoms with Gasteiger partial charge in [0.15, 0.2) is 0 Å². The van der Waals surface area contributed by atoms with Crippen molar-refractivity contribution in [2.24, 2.45) is 11.7 Å². The van der Waals surface area contributed by atoms with Gasteiger partial charge in [-0.05, 0) is 31.9 Å². The third-order valence-electron chi connectivity index (χ3n) is 3.82. The summed E-state index contributed by atoms with van der Waals surface area (Å²) in [6, 6.07) is 4.48. The maximum Gasteiger partial charge on any atom is 0.272 e. The lowest BCUT2D eigenvalue weighted by Crippen LogP contribution is -2.40. The van der Waals surface area contributed by atoms with E-state index in [1.54, 1.807) is 19.1 Å². The number of nitrogens with zero attached hydrogens (tertiary/aromatic N) is 1. The van der Waals surface area contributed by atoms with Gasteiger partial charge in [-0.3, -0.25) is 14.9 Å². The fourth-order valence-corrected chi connectivity index (χ4v) is 2.66. The number of benzene rings is 1. The number of carbonyl (C=O) groups is 1. The number of rotatable bonds is 3. The Balaban J connectivity index is 2.08. The molecule has 0 spiro atoms. The van der Waals surface area contributed by atoms with E-state index < -0.39 is 4.92 Å². The number of anilines is 1. The Morgan fingerprint density at radius 2 is 2.10 bits per heavy atom. The highest BCUT2D eigenvalue weighted by molar-refractivity contribution is 5.93. The first kappa shape index (κ1) is 14.5. The summed E-state index contributed by atoms with van der Waals surface area (Å²) in [6.45, 7) is 1.65. The molecular formula is C14H19N3O3. The van der Waals surface area contributed by atoms with Crippen molar-refractivity contribution in [1.29, 1.82) is 0 Å². The van der Waals surface area contributed by atoms with Crippen LogP contribution in [0.2, 0.25) is 0 Å². The number of nitrogens with one attached hydrogen (secondary N) is 1. The lowest BCUT2D eigenvalue weighted by atomic mass is 9.84. The van der Waals surface area contributed by atoms with Crippen molar-refractivity contribution < 1.29 is 9.72 Å². The summed E-state index contributed by atoms with van der Waals surface area (Å²) >= 11 is 0. The van der Waals surface area contributed by atoms with Crippen LogP contribution in [0.1, 0.15) is 31.2 Å². The predicted molar refractivity (Wildman–Crippen MR) is 76.4 cm³/mol. The van der Waals surface area contributed by atoms with E-state index >= 15 is 0 Å². The molecule has 2 rings (SSSR count). The summed E-state index contributed by atoms with van der Waals surface area (Å²) in [5.74, 6) is -0.260. The summed E-state index contributed by atoms with van der Waals surface area (Å²) in [5, 5.41) is 13.6. The van der Waals surface area contributed by atoms with E-state index in [2.05, 4.69) is 5.32 Å². The highest BCUT2D eigenvalue weighted by Crippen LogP contribution is 2.26. The number of hydrogen-bond donors (Lipinski definition) is 2. The first-order chi connectivity index (χ1) is 9.49. The van der Waals surface area contributed by atoms with Crippen LogP contribution in [0.4, 0.5) is 11.4 Å². The molecule has 6 heteroatoms. The van der Waals surface area contributed by atoms with Gasteiger partial charge in [-0.25, -0.2) is 0 Å². The van der Waals surface area contributed by atoms with Crippen LogP contribution in [-0.4, -0.2) is 16.9 Å². The van der Waals surface area contributed by atoms with Gasteiger partial charge in [0.05, 0.1) is 10.8 Å². The zero-order valence-electron chi connectivity index (χ0n) is 11.5. The number of carbonyl (C=O) groups excluding carboxylic acids is 1. The summed E-state index contributed by atoms with van der Waals surface area (Å²) in [6.07, 6.45) is 3.77. The maximum atomic E-state index is 12.2. The first-order valence-corrected chi connectivity index (χ1v) is 6.80. The monoisotopic (exact) mass is 277 g/mol. The number of nitro benzene ring substituents is 1. The van der Waals surface area contributed by atoms with Crippen LogP contribution in [0.15, 0.2) is 18.2 Å². The molecule has 1 aromatic carbocycles. The van der Waals surface area contributed by atoms with E-state index in [9.17, 15) is 14.9 Å². The smallest absolute Gasteiger partial charge is 0.272 e. The van der Waals surface area contributed by atoms with E-state index in [1.165, 1.54) is 6.07 Å². The Morgan fingerprint density at radius 3 is 2.70 bits per heavy atom.